The van der Waals surface area contributed by atoms with Gasteiger partial charge in [-0.25, -0.2) is 4.79 Å². The van der Waals surface area contributed by atoms with Crippen molar-refractivity contribution >= 4 is 30.6 Å². The topological polar surface area (TPSA) is 132 Å². The summed E-state index contributed by atoms with van der Waals surface area (Å²) in [4.78, 5) is 62.5. The minimum absolute atomic E-state index is 0.0442. The molecule has 1 heterocycles. The van der Waals surface area contributed by atoms with Crippen LogP contribution in [0.2, 0.25) is 0 Å². The largest absolute Gasteiger partial charge is 0.494 e. The summed E-state index contributed by atoms with van der Waals surface area (Å²) < 4.78 is 17.3. The van der Waals surface area contributed by atoms with Crippen LogP contribution < -0.4 is 10.1 Å². The Morgan fingerprint density at radius 3 is 2.41 bits per heavy atom. The van der Waals surface area contributed by atoms with Crippen molar-refractivity contribution < 1.29 is 38.2 Å². The van der Waals surface area contributed by atoms with Gasteiger partial charge < -0.3 is 29.2 Å². The van der Waals surface area contributed by atoms with E-state index in [0.717, 1.165) is 43.7 Å². The molecule has 1 aromatic rings. The Kier molecular flexibility index (Phi) is 10.9. The molecule has 226 valence electrons. The number of rotatable bonds is 14. The van der Waals surface area contributed by atoms with Gasteiger partial charge in [0.2, 0.25) is 12.3 Å². The van der Waals surface area contributed by atoms with Gasteiger partial charge in [-0.15, -0.1) is 0 Å². The fraction of sp³-hybridized carbons (Fsp3) is 0.633. The lowest BCUT2D eigenvalue weighted by atomic mass is 9.62. The van der Waals surface area contributed by atoms with Gasteiger partial charge in [0.15, 0.2) is 0 Å². The highest BCUT2D eigenvalue weighted by molar-refractivity contribution is 6.04. The lowest BCUT2D eigenvalue weighted by Crippen LogP contribution is -2.65. The molecular weight excluding hydrogens is 530 g/mol. The maximum Gasteiger partial charge on any atom is 0.410 e. The van der Waals surface area contributed by atoms with Crippen LogP contribution in [-0.2, 0) is 23.9 Å². The number of benzene rings is 1. The number of aldehydes is 1. The van der Waals surface area contributed by atoms with Crippen LogP contribution in [-0.4, -0.2) is 91.5 Å². The number of unbranched alkanes of at least 4 members (excludes halogenated alkanes) is 1. The van der Waals surface area contributed by atoms with Gasteiger partial charge >= 0.3 is 6.09 Å². The molecule has 1 spiro atoms. The number of amides is 4. The molecule has 2 fully saturated rings. The highest BCUT2D eigenvalue weighted by Crippen LogP contribution is 2.49. The molecular formula is C30H43N3O8. The van der Waals surface area contributed by atoms with Crippen LogP contribution >= 0.6 is 0 Å². The van der Waals surface area contributed by atoms with E-state index in [0.29, 0.717) is 37.2 Å². The molecule has 0 bridgehead atoms. The first-order chi connectivity index (χ1) is 19.4. The Labute approximate surface area is 241 Å². The molecule has 11 nitrogen and oxygen atoms in total. The average Bonchev–Trinajstić information content (AvgIpc) is 2.86. The van der Waals surface area contributed by atoms with E-state index in [1.807, 2.05) is 20.8 Å². The molecule has 2 aliphatic rings. The number of aryl methyl sites for hydroxylation is 1. The molecule has 3 rings (SSSR count). The van der Waals surface area contributed by atoms with Crippen molar-refractivity contribution in [2.75, 3.05) is 33.4 Å². The van der Waals surface area contributed by atoms with E-state index in [1.54, 1.807) is 30.0 Å². The van der Waals surface area contributed by atoms with Crippen molar-refractivity contribution in [3.05, 3.63) is 29.3 Å². The monoisotopic (exact) mass is 573 g/mol. The van der Waals surface area contributed by atoms with Crippen LogP contribution in [0.25, 0.3) is 0 Å². The lowest BCUT2D eigenvalue weighted by molar-refractivity contribution is -0.147. The average molecular weight is 574 g/mol. The molecule has 1 aliphatic heterocycles. The van der Waals surface area contributed by atoms with Gasteiger partial charge in [0.25, 0.3) is 5.91 Å². The molecule has 1 aliphatic carbocycles. The number of likely N-dealkylation sites (tertiary alicyclic amines) is 1. The van der Waals surface area contributed by atoms with Crippen molar-refractivity contribution in [2.45, 2.75) is 84.0 Å². The molecule has 11 heteroatoms. The summed E-state index contributed by atoms with van der Waals surface area (Å²) in [6.45, 7) is 9.95. The molecule has 1 N–H and O–H groups in total. The summed E-state index contributed by atoms with van der Waals surface area (Å²) in [5.74, 6) is -0.529. The number of carbonyl (C=O) groups is 5. The van der Waals surface area contributed by atoms with Gasteiger partial charge in [0, 0.05) is 44.1 Å². The number of hydrogen-bond donors (Lipinski definition) is 1. The number of ether oxygens (including phenoxy) is 3. The van der Waals surface area contributed by atoms with E-state index >= 15 is 0 Å². The van der Waals surface area contributed by atoms with Crippen LogP contribution in [0, 0.1) is 12.3 Å². The molecule has 1 unspecified atom stereocenters. The predicted octanol–water partition coefficient (Wildman–Crippen LogP) is 3.26. The zero-order valence-corrected chi connectivity index (χ0v) is 24.8. The fourth-order valence-electron chi connectivity index (χ4n) is 5.30. The third-order valence-electron chi connectivity index (χ3n) is 7.41. The maximum atomic E-state index is 13.1. The Morgan fingerprint density at radius 2 is 1.83 bits per heavy atom. The van der Waals surface area contributed by atoms with Crippen molar-refractivity contribution in [1.82, 2.24) is 15.1 Å². The minimum atomic E-state index is -1.07. The molecule has 4 amide bonds. The molecule has 41 heavy (non-hydrogen) atoms. The second-order valence-electron chi connectivity index (χ2n) is 12.0. The van der Waals surface area contributed by atoms with E-state index in [-0.39, 0.29) is 36.0 Å². The predicted molar refractivity (Wildman–Crippen MR) is 151 cm³/mol. The van der Waals surface area contributed by atoms with Crippen molar-refractivity contribution in [3.8, 4) is 5.75 Å². The van der Waals surface area contributed by atoms with Gasteiger partial charge in [0.1, 0.15) is 23.7 Å². The zero-order chi connectivity index (χ0) is 30.2. The van der Waals surface area contributed by atoms with E-state index in [2.05, 4.69) is 5.32 Å². The highest BCUT2D eigenvalue weighted by Gasteiger charge is 2.54. The molecule has 1 atom stereocenters. The third-order valence-corrected chi connectivity index (χ3v) is 7.41. The first-order valence-electron chi connectivity index (χ1n) is 14.2. The van der Waals surface area contributed by atoms with Crippen molar-refractivity contribution in [3.63, 3.8) is 0 Å². The standard InChI is InChI=1S/C30H43N3O8/c1-21-15-22(10-11-24(21)27(37)33(20-35)25(9-8-12-34)26(36)31-5)39-13-6-7-14-40-23-16-30(17-23)18-32(19-30)28(38)41-29(2,3)4/h10-12,15,20,23,25H,6-9,13-14,16-19H2,1-5H3,(H,31,36). The number of nitrogens with zero attached hydrogens (tertiary/aromatic N) is 2. The van der Waals surface area contributed by atoms with Gasteiger partial charge in [-0.05, 0) is 83.6 Å². The number of nitrogens with one attached hydrogen (secondary N) is 1. The maximum absolute atomic E-state index is 13.1. The van der Waals surface area contributed by atoms with E-state index in [4.69, 9.17) is 14.2 Å². The minimum Gasteiger partial charge on any atom is -0.494 e. The molecule has 0 radical (unpaired) electrons. The Bertz CT molecular complexity index is 1100. The number of imide groups is 1. The van der Waals surface area contributed by atoms with E-state index in [9.17, 15) is 24.0 Å². The summed E-state index contributed by atoms with van der Waals surface area (Å²) >= 11 is 0. The highest BCUT2D eigenvalue weighted by atomic mass is 16.6. The fourth-order valence-corrected chi connectivity index (χ4v) is 5.30. The third kappa shape index (κ3) is 8.51. The summed E-state index contributed by atoms with van der Waals surface area (Å²) in [6.07, 6.45) is 4.64. The zero-order valence-electron chi connectivity index (χ0n) is 24.8. The summed E-state index contributed by atoms with van der Waals surface area (Å²) in [5, 5.41) is 2.44. The molecule has 0 aromatic heterocycles. The summed E-state index contributed by atoms with van der Waals surface area (Å²) in [5.41, 5.74) is 0.593. The van der Waals surface area contributed by atoms with Gasteiger partial charge in [-0.1, -0.05) is 0 Å². The molecule has 1 aromatic carbocycles. The number of likely N-dealkylation sites (N-methyl/N-ethyl adjacent to an activating group) is 1. The first kappa shape index (κ1) is 32.0. The molecule has 1 saturated heterocycles. The Balaban J connectivity index is 1.35. The normalized spacial score (nSPS) is 16.7. The van der Waals surface area contributed by atoms with E-state index < -0.39 is 23.5 Å². The second kappa shape index (κ2) is 13.9. The lowest BCUT2D eigenvalue weighted by Gasteiger charge is -2.58. The van der Waals surface area contributed by atoms with Crippen LogP contribution in [0.1, 0.15) is 75.2 Å². The van der Waals surface area contributed by atoms with E-state index in [1.165, 1.54) is 7.05 Å². The quantitative estimate of drug-likeness (QED) is 0.265. The van der Waals surface area contributed by atoms with Crippen LogP contribution in [0.5, 0.6) is 5.75 Å². The van der Waals surface area contributed by atoms with Gasteiger partial charge in [-0.3, -0.25) is 19.3 Å². The second-order valence-corrected chi connectivity index (χ2v) is 12.0. The number of carbonyl (C=O) groups excluding carboxylic acids is 5. The summed E-state index contributed by atoms with van der Waals surface area (Å²) in [6, 6.07) is 3.88. The smallest absolute Gasteiger partial charge is 0.410 e. The van der Waals surface area contributed by atoms with Gasteiger partial charge in [-0.2, -0.15) is 0 Å². The SMILES string of the molecule is CNC(=O)C(CCC=O)N(C=O)C(=O)c1ccc(OCCCCOC2CC3(C2)CN(C(=O)OC(C)(C)C)C3)cc1C. The van der Waals surface area contributed by atoms with Crippen molar-refractivity contribution in [1.29, 1.82) is 0 Å². The summed E-state index contributed by atoms with van der Waals surface area (Å²) in [7, 11) is 1.41. The van der Waals surface area contributed by atoms with Crippen LogP contribution in [0.15, 0.2) is 18.2 Å². The Morgan fingerprint density at radius 1 is 1.15 bits per heavy atom. The van der Waals surface area contributed by atoms with Crippen LogP contribution in [0.4, 0.5) is 4.79 Å². The number of hydrogen-bond acceptors (Lipinski definition) is 8. The van der Waals surface area contributed by atoms with Crippen molar-refractivity contribution in [2.24, 2.45) is 5.41 Å². The first-order valence-corrected chi connectivity index (χ1v) is 14.2. The molecule has 1 saturated carbocycles. The van der Waals surface area contributed by atoms with Gasteiger partial charge in [0.05, 0.1) is 12.7 Å². The van der Waals surface area contributed by atoms with Crippen LogP contribution in [0.3, 0.4) is 0 Å². The Hall–Kier alpha value is -3.47.